The van der Waals surface area contributed by atoms with Crippen molar-refractivity contribution in [2.75, 3.05) is 11.3 Å². The third-order valence-electron chi connectivity index (χ3n) is 9.94. The number of anilines is 1. The molecule has 1 atom stereocenters. The molecule has 3 aromatic heterocycles. The van der Waals surface area contributed by atoms with Crippen molar-refractivity contribution in [2.45, 2.75) is 76.8 Å². The number of carboxylic acid groups (broad SMARTS) is 1. The summed E-state index contributed by atoms with van der Waals surface area (Å²) in [6.07, 6.45) is 6.11. The highest BCUT2D eigenvalue weighted by Gasteiger charge is 2.51. The van der Waals surface area contributed by atoms with E-state index in [0.29, 0.717) is 29.8 Å². The maximum atomic E-state index is 13.4. The fourth-order valence-electron chi connectivity index (χ4n) is 6.70. The van der Waals surface area contributed by atoms with Gasteiger partial charge in [-0.1, -0.05) is 38.1 Å². The molecule has 0 bridgehead atoms. The Labute approximate surface area is 290 Å². The number of hydrogen-bond acceptors (Lipinski definition) is 10. The first-order chi connectivity index (χ1) is 23.9. The maximum absolute atomic E-state index is 13.4. The largest absolute Gasteiger partial charge is 0.478 e. The van der Waals surface area contributed by atoms with Crippen LogP contribution in [0.2, 0.25) is 0 Å². The molecule has 2 fully saturated rings. The molecule has 0 spiro atoms. The van der Waals surface area contributed by atoms with Crippen molar-refractivity contribution in [3.05, 3.63) is 88.9 Å². The Morgan fingerprint density at radius 2 is 1.78 bits per heavy atom. The van der Waals surface area contributed by atoms with Gasteiger partial charge in [-0.2, -0.15) is 4.98 Å². The van der Waals surface area contributed by atoms with Crippen LogP contribution >= 0.6 is 0 Å². The van der Waals surface area contributed by atoms with Gasteiger partial charge in [-0.25, -0.2) is 32.9 Å². The SMILES string of the molecule is Cc1cccc(C)c1-c1cc(OCC(NCc2cnc3oc(C4CC4)cc3n2)C2(C(C)C)CC2)nc(NS(=O)(=O)c2cccc(C(=O)O)c2)n1. The number of aromatic carboxylic acids is 1. The van der Waals surface area contributed by atoms with E-state index in [1.807, 2.05) is 38.1 Å². The Hall–Kier alpha value is -4.88. The molecule has 50 heavy (non-hydrogen) atoms. The standard InChI is InChI=1S/C37H40N6O6S/c1-21(2)37(13-14-37)31(38-18-26-19-39-34-29(40-26)16-30(49-34)24-11-12-24)20-48-32-17-28(33-22(3)7-5-8-23(33)4)41-36(42-32)43-50(46,47)27-10-6-9-25(15-27)35(44)45/h5-10,15-17,19,21,24,31,38H,11-14,18,20H2,1-4H3,(H,44,45)(H,41,42,43). The van der Waals surface area contributed by atoms with Crippen molar-refractivity contribution in [1.29, 1.82) is 0 Å². The van der Waals surface area contributed by atoms with E-state index >= 15 is 0 Å². The molecule has 1 unspecified atom stereocenters. The first-order valence-corrected chi connectivity index (χ1v) is 18.3. The molecule has 3 heterocycles. The van der Waals surface area contributed by atoms with Gasteiger partial charge in [0.2, 0.25) is 17.5 Å². The summed E-state index contributed by atoms with van der Waals surface area (Å²) in [7, 11) is -4.24. The maximum Gasteiger partial charge on any atom is 0.335 e. The van der Waals surface area contributed by atoms with Crippen molar-refractivity contribution in [3.8, 4) is 17.1 Å². The van der Waals surface area contributed by atoms with E-state index in [2.05, 4.69) is 38.8 Å². The van der Waals surface area contributed by atoms with E-state index in [-0.39, 0.29) is 40.4 Å². The average Bonchev–Trinajstić information content (AvgIpc) is 4.02. The minimum atomic E-state index is -4.24. The van der Waals surface area contributed by atoms with Crippen LogP contribution in [0.3, 0.4) is 0 Å². The van der Waals surface area contributed by atoms with Crippen LogP contribution < -0.4 is 14.8 Å². The third-order valence-corrected chi connectivity index (χ3v) is 11.3. The lowest BCUT2D eigenvalue weighted by molar-refractivity contribution is 0.0696. The quantitative estimate of drug-likeness (QED) is 0.114. The van der Waals surface area contributed by atoms with Gasteiger partial charge in [0.1, 0.15) is 17.9 Å². The van der Waals surface area contributed by atoms with Crippen LogP contribution in [0.5, 0.6) is 5.88 Å². The molecule has 0 saturated heterocycles. The van der Waals surface area contributed by atoms with Crippen LogP contribution in [0, 0.1) is 25.2 Å². The number of nitrogens with zero attached hydrogens (tertiary/aromatic N) is 4. The molecule has 2 aliphatic rings. The summed E-state index contributed by atoms with van der Waals surface area (Å²) in [6, 6.07) is 14.6. The van der Waals surface area contributed by atoms with Crippen LogP contribution in [0.1, 0.15) is 78.4 Å². The number of carboxylic acids is 1. The molecule has 2 saturated carbocycles. The fourth-order valence-corrected chi connectivity index (χ4v) is 7.69. The summed E-state index contributed by atoms with van der Waals surface area (Å²) < 4.78 is 41.6. The minimum Gasteiger partial charge on any atom is -0.478 e. The van der Waals surface area contributed by atoms with Crippen LogP contribution in [-0.4, -0.2) is 52.1 Å². The van der Waals surface area contributed by atoms with E-state index in [9.17, 15) is 18.3 Å². The summed E-state index contributed by atoms with van der Waals surface area (Å²) in [4.78, 5) is 29.7. The van der Waals surface area contributed by atoms with Crippen LogP contribution in [0.25, 0.3) is 22.5 Å². The number of ether oxygens (including phenoxy) is 1. The number of aromatic nitrogens is 4. The zero-order chi connectivity index (χ0) is 35.2. The monoisotopic (exact) mass is 696 g/mol. The molecule has 12 nitrogen and oxygen atoms in total. The molecular weight excluding hydrogens is 657 g/mol. The molecular formula is C37H40N6O6S. The highest BCUT2D eigenvalue weighted by Crippen LogP contribution is 2.54. The van der Waals surface area contributed by atoms with Crippen molar-refractivity contribution in [2.24, 2.45) is 11.3 Å². The molecule has 0 amide bonds. The van der Waals surface area contributed by atoms with Crippen LogP contribution in [-0.2, 0) is 16.6 Å². The summed E-state index contributed by atoms with van der Waals surface area (Å²) in [5, 5.41) is 13.1. The number of hydrogen-bond donors (Lipinski definition) is 3. The predicted octanol–water partition coefficient (Wildman–Crippen LogP) is 6.65. The lowest BCUT2D eigenvalue weighted by atomic mass is 9.85. The molecule has 260 valence electrons. The second-order valence-corrected chi connectivity index (χ2v) is 15.4. The van der Waals surface area contributed by atoms with E-state index in [1.54, 1.807) is 12.3 Å². The lowest BCUT2D eigenvalue weighted by Gasteiger charge is -2.31. The normalized spacial score (nSPS) is 16.0. The molecule has 2 aliphatic carbocycles. The van der Waals surface area contributed by atoms with Gasteiger partial charge in [0.05, 0.1) is 28.0 Å². The highest BCUT2D eigenvalue weighted by molar-refractivity contribution is 7.92. The van der Waals surface area contributed by atoms with Gasteiger partial charge in [-0.15, -0.1) is 0 Å². The number of sulfonamides is 1. The van der Waals surface area contributed by atoms with E-state index in [4.69, 9.17) is 14.1 Å². The first kappa shape index (κ1) is 33.6. The van der Waals surface area contributed by atoms with Crippen LogP contribution in [0.4, 0.5) is 5.95 Å². The highest BCUT2D eigenvalue weighted by atomic mass is 32.2. The van der Waals surface area contributed by atoms with E-state index in [0.717, 1.165) is 65.4 Å². The van der Waals surface area contributed by atoms with Crippen molar-refractivity contribution in [1.82, 2.24) is 25.3 Å². The van der Waals surface area contributed by atoms with E-state index < -0.39 is 16.0 Å². The topological polar surface area (TPSA) is 169 Å². The molecule has 0 radical (unpaired) electrons. The number of carbonyl (C=O) groups is 1. The van der Waals surface area contributed by atoms with Crippen molar-refractivity contribution < 1.29 is 27.5 Å². The third kappa shape index (κ3) is 6.92. The lowest BCUT2D eigenvalue weighted by Crippen LogP contribution is -2.44. The Kier molecular flexibility index (Phi) is 8.81. The summed E-state index contributed by atoms with van der Waals surface area (Å²) in [5.41, 5.74) is 5.20. The van der Waals surface area contributed by atoms with Gasteiger partial charge in [0.25, 0.3) is 10.0 Å². The van der Waals surface area contributed by atoms with E-state index in [1.165, 1.54) is 18.2 Å². The second kappa shape index (κ2) is 13.1. The van der Waals surface area contributed by atoms with Crippen LogP contribution in [0.15, 0.2) is 70.1 Å². The Morgan fingerprint density at radius 1 is 1.04 bits per heavy atom. The molecule has 13 heteroatoms. The van der Waals surface area contributed by atoms with Gasteiger partial charge in [0.15, 0.2) is 0 Å². The second-order valence-electron chi connectivity index (χ2n) is 13.7. The Bertz CT molecular complexity index is 2170. The molecule has 5 aromatic rings. The Balaban J connectivity index is 1.16. The van der Waals surface area contributed by atoms with Gasteiger partial charge >= 0.3 is 5.97 Å². The molecule has 3 N–H and O–H groups in total. The number of aryl methyl sites for hydroxylation is 2. The van der Waals surface area contributed by atoms with Crippen molar-refractivity contribution >= 4 is 33.2 Å². The molecule has 0 aliphatic heterocycles. The summed E-state index contributed by atoms with van der Waals surface area (Å²) >= 11 is 0. The number of nitrogens with one attached hydrogen (secondary N) is 2. The molecule has 7 rings (SSSR count). The smallest absolute Gasteiger partial charge is 0.335 e. The fraction of sp³-hybridized carbons (Fsp3) is 0.378. The van der Waals surface area contributed by atoms with Gasteiger partial charge in [-0.3, -0.25) is 0 Å². The van der Waals surface area contributed by atoms with Gasteiger partial charge in [0, 0.05) is 36.2 Å². The minimum absolute atomic E-state index is 0.00829. The number of rotatable bonds is 14. The molecule has 2 aromatic carbocycles. The first-order valence-electron chi connectivity index (χ1n) is 16.9. The zero-order valence-electron chi connectivity index (χ0n) is 28.4. The van der Waals surface area contributed by atoms with Gasteiger partial charge in [-0.05, 0) is 80.2 Å². The Morgan fingerprint density at radius 3 is 2.46 bits per heavy atom. The zero-order valence-corrected chi connectivity index (χ0v) is 29.3. The number of furan rings is 1. The predicted molar refractivity (Wildman–Crippen MR) is 188 cm³/mol. The van der Waals surface area contributed by atoms with Gasteiger partial charge < -0.3 is 19.6 Å². The summed E-state index contributed by atoms with van der Waals surface area (Å²) in [5.74, 6) is 0.588. The summed E-state index contributed by atoms with van der Waals surface area (Å²) in [6.45, 7) is 9.10. The number of fused-ring (bicyclic) bond motifs is 1. The average molecular weight is 697 g/mol. The number of benzene rings is 2. The van der Waals surface area contributed by atoms with Crippen molar-refractivity contribution in [3.63, 3.8) is 0 Å².